The first-order valence-electron chi connectivity index (χ1n) is 9.27. The molecule has 0 spiro atoms. The molecule has 1 fully saturated rings. The molecule has 0 saturated carbocycles. The monoisotopic (exact) mass is 374 g/mol. The number of ether oxygens (including phenoxy) is 2. The van der Waals surface area contributed by atoms with E-state index in [1.54, 1.807) is 0 Å². The van der Waals surface area contributed by atoms with E-state index in [9.17, 15) is 4.79 Å². The Morgan fingerprint density at radius 2 is 2.12 bits per heavy atom. The molecule has 0 radical (unpaired) electrons. The number of piperidine rings is 1. The van der Waals surface area contributed by atoms with Gasteiger partial charge in [-0.2, -0.15) is 4.99 Å². The maximum atomic E-state index is 12.4. The minimum Gasteiger partial charge on any atom is -0.494 e. The molecular formula is C20H26N2O3S. The van der Waals surface area contributed by atoms with E-state index in [1.807, 2.05) is 38.1 Å². The average Bonchev–Trinajstić information content (AvgIpc) is 2.98. The number of benzene rings is 1. The smallest absolute Gasteiger partial charge is 0.286 e. The van der Waals surface area contributed by atoms with E-state index in [2.05, 4.69) is 16.8 Å². The van der Waals surface area contributed by atoms with E-state index in [0.29, 0.717) is 24.0 Å². The van der Waals surface area contributed by atoms with Crippen molar-refractivity contribution in [3.63, 3.8) is 0 Å². The molecular weight excluding hydrogens is 348 g/mol. The molecule has 2 aliphatic heterocycles. The number of amides is 1. The fourth-order valence-electron chi connectivity index (χ4n) is 3.21. The zero-order valence-electron chi connectivity index (χ0n) is 15.7. The Hall–Kier alpha value is -1.95. The molecule has 2 heterocycles. The van der Waals surface area contributed by atoms with Gasteiger partial charge in [0.1, 0.15) is 11.5 Å². The molecule has 140 valence electrons. The lowest BCUT2D eigenvalue weighted by atomic mass is 10.0. The molecule has 2 aliphatic rings. The van der Waals surface area contributed by atoms with E-state index in [0.717, 1.165) is 41.7 Å². The molecule has 1 atom stereocenters. The van der Waals surface area contributed by atoms with Crippen LogP contribution in [0.25, 0.3) is 6.08 Å². The third kappa shape index (κ3) is 4.41. The van der Waals surface area contributed by atoms with Crippen molar-refractivity contribution in [2.24, 2.45) is 10.9 Å². The first-order chi connectivity index (χ1) is 12.6. The molecule has 0 aromatic heterocycles. The second-order valence-corrected chi connectivity index (χ2v) is 7.58. The highest BCUT2D eigenvalue weighted by atomic mass is 32.2. The normalized spacial score (nSPS) is 21.9. The highest BCUT2D eigenvalue weighted by molar-refractivity contribution is 8.18. The minimum atomic E-state index is -0.167. The predicted molar refractivity (Wildman–Crippen MR) is 107 cm³/mol. The van der Waals surface area contributed by atoms with Crippen molar-refractivity contribution in [3.8, 4) is 11.5 Å². The summed E-state index contributed by atoms with van der Waals surface area (Å²) in [5, 5.41) is 0.830. The van der Waals surface area contributed by atoms with Crippen LogP contribution in [-0.4, -0.2) is 42.3 Å². The van der Waals surface area contributed by atoms with Crippen LogP contribution in [-0.2, 0) is 4.79 Å². The van der Waals surface area contributed by atoms with Crippen molar-refractivity contribution < 1.29 is 14.3 Å². The average molecular weight is 375 g/mol. The fourth-order valence-corrected chi connectivity index (χ4v) is 4.15. The van der Waals surface area contributed by atoms with Crippen LogP contribution in [0.1, 0.15) is 39.2 Å². The Kier molecular flexibility index (Phi) is 6.25. The second-order valence-electron chi connectivity index (χ2n) is 6.57. The Balaban J connectivity index is 1.79. The Morgan fingerprint density at radius 3 is 2.85 bits per heavy atom. The summed E-state index contributed by atoms with van der Waals surface area (Å²) in [5.41, 5.74) is 0.870. The Labute approximate surface area is 159 Å². The molecule has 5 nitrogen and oxygen atoms in total. The van der Waals surface area contributed by atoms with Crippen molar-refractivity contribution in [3.05, 3.63) is 28.7 Å². The second kappa shape index (κ2) is 8.62. The first-order valence-corrected chi connectivity index (χ1v) is 10.1. The number of aliphatic imine (C=N–C) groups is 1. The number of carbonyl (C=O) groups excluding carboxylic acids is 1. The van der Waals surface area contributed by atoms with Gasteiger partial charge in [0.15, 0.2) is 5.17 Å². The van der Waals surface area contributed by atoms with Crippen LogP contribution in [0.3, 0.4) is 0 Å². The number of likely N-dealkylation sites (tertiary alicyclic amines) is 1. The quantitative estimate of drug-likeness (QED) is 0.724. The summed E-state index contributed by atoms with van der Waals surface area (Å²) in [6.07, 6.45) is 4.27. The molecule has 1 aromatic rings. The first kappa shape index (κ1) is 18.8. The SMILES string of the molecule is CCOc1ccc(/C=C2/SC(N3CCCC(C)C3)=NC2=O)c(OCC)c1. The molecule has 0 aliphatic carbocycles. The van der Waals surface area contributed by atoms with Crippen LogP contribution in [0, 0.1) is 5.92 Å². The Morgan fingerprint density at radius 1 is 1.31 bits per heavy atom. The summed E-state index contributed by atoms with van der Waals surface area (Å²) in [6.45, 7) is 9.25. The van der Waals surface area contributed by atoms with Gasteiger partial charge >= 0.3 is 0 Å². The van der Waals surface area contributed by atoms with E-state index in [-0.39, 0.29) is 5.91 Å². The minimum absolute atomic E-state index is 0.167. The summed E-state index contributed by atoms with van der Waals surface area (Å²) < 4.78 is 11.3. The van der Waals surface area contributed by atoms with Gasteiger partial charge in [-0.25, -0.2) is 0 Å². The topological polar surface area (TPSA) is 51.1 Å². The summed E-state index contributed by atoms with van der Waals surface area (Å²) in [7, 11) is 0. The summed E-state index contributed by atoms with van der Waals surface area (Å²) in [6, 6.07) is 5.70. The van der Waals surface area contributed by atoms with Crippen molar-refractivity contribution in [1.29, 1.82) is 0 Å². The van der Waals surface area contributed by atoms with E-state index < -0.39 is 0 Å². The lowest BCUT2D eigenvalue weighted by Crippen LogP contribution is -2.37. The fraction of sp³-hybridized carbons (Fsp3) is 0.500. The van der Waals surface area contributed by atoms with Crippen LogP contribution in [0.15, 0.2) is 28.1 Å². The lowest BCUT2D eigenvalue weighted by Gasteiger charge is -2.31. The number of amidine groups is 1. The van der Waals surface area contributed by atoms with Crippen molar-refractivity contribution in [2.75, 3.05) is 26.3 Å². The molecule has 3 rings (SSSR count). The van der Waals surface area contributed by atoms with E-state index in [1.165, 1.54) is 18.2 Å². The van der Waals surface area contributed by atoms with Crippen LogP contribution < -0.4 is 9.47 Å². The highest BCUT2D eigenvalue weighted by Crippen LogP contribution is 2.35. The molecule has 1 saturated heterocycles. The largest absolute Gasteiger partial charge is 0.494 e. The number of carbonyl (C=O) groups is 1. The number of nitrogens with zero attached hydrogens (tertiary/aromatic N) is 2. The third-order valence-electron chi connectivity index (χ3n) is 4.42. The van der Waals surface area contributed by atoms with Gasteiger partial charge in [-0.3, -0.25) is 4.79 Å². The Bertz CT molecular complexity index is 730. The standard InChI is InChI=1S/C20H26N2O3S/c1-4-24-16-9-8-15(17(12-16)25-5-2)11-18-19(23)21-20(26-18)22-10-6-7-14(3)13-22/h8-9,11-12,14H,4-7,10,13H2,1-3H3/b18-11+. The molecule has 26 heavy (non-hydrogen) atoms. The maximum Gasteiger partial charge on any atom is 0.286 e. The van der Waals surface area contributed by atoms with Crippen LogP contribution in [0.2, 0.25) is 0 Å². The molecule has 0 N–H and O–H groups in total. The van der Waals surface area contributed by atoms with Gasteiger partial charge in [-0.1, -0.05) is 6.92 Å². The van der Waals surface area contributed by atoms with Crippen molar-refractivity contribution in [1.82, 2.24) is 4.90 Å². The molecule has 6 heteroatoms. The number of rotatable bonds is 5. The maximum absolute atomic E-state index is 12.4. The van der Waals surface area contributed by atoms with Gasteiger partial charge in [-0.05, 0) is 62.6 Å². The van der Waals surface area contributed by atoms with Crippen LogP contribution >= 0.6 is 11.8 Å². The summed E-state index contributed by atoms with van der Waals surface area (Å²) in [5.74, 6) is 1.97. The number of hydrogen-bond acceptors (Lipinski definition) is 5. The third-order valence-corrected chi connectivity index (χ3v) is 5.46. The van der Waals surface area contributed by atoms with Gasteiger partial charge in [0.05, 0.1) is 18.1 Å². The molecule has 0 bridgehead atoms. The molecule has 1 amide bonds. The number of thioether (sulfide) groups is 1. The predicted octanol–water partition coefficient (Wildman–Crippen LogP) is 4.19. The number of hydrogen-bond donors (Lipinski definition) is 0. The summed E-state index contributed by atoms with van der Waals surface area (Å²) >= 11 is 1.46. The molecule has 1 unspecified atom stereocenters. The van der Waals surface area contributed by atoms with Gasteiger partial charge in [0.2, 0.25) is 0 Å². The summed E-state index contributed by atoms with van der Waals surface area (Å²) in [4.78, 5) is 19.5. The van der Waals surface area contributed by atoms with Crippen LogP contribution in [0.4, 0.5) is 0 Å². The zero-order chi connectivity index (χ0) is 18.5. The van der Waals surface area contributed by atoms with Gasteiger partial charge in [-0.15, -0.1) is 0 Å². The van der Waals surface area contributed by atoms with E-state index >= 15 is 0 Å². The van der Waals surface area contributed by atoms with Gasteiger partial charge < -0.3 is 14.4 Å². The van der Waals surface area contributed by atoms with Gasteiger partial charge in [0.25, 0.3) is 5.91 Å². The zero-order valence-corrected chi connectivity index (χ0v) is 16.5. The van der Waals surface area contributed by atoms with E-state index in [4.69, 9.17) is 9.47 Å². The van der Waals surface area contributed by atoms with Crippen LogP contribution in [0.5, 0.6) is 11.5 Å². The molecule has 1 aromatic carbocycles. The lowest BCUT2D eigenvalue weighted by molar-refractivity contribution is -0.113. The van der Waals surface area contributed by atoms with Crippen molar-refractivity contribution >= 4 is 28.9 Å². The van der Waals surface area contributed by atoms with Crippen molar-refractivity contribution in [2.45, 2.75) is 33.6 Å². The highest BCUT2D eigenvalue weighted by Gasteiger charge is 2.28. The van der Waals surface area contributed by atoms with Gasteiger partial charge in [0, 0.05) is 24.7 Å².